The summed E-state index contributed by atoms with van der Waals surface area (Å²) in [5, 5.41) is 4.04. The van der Waals surface area contributed by atoms with Crippen molar-refractivity contribution in [2.75, 3.05) is 20.1 Å². The molecule has 0 unspecified atom stereocenters. The van der Waals surface area contributed by atoms with Crippen LogP contribution in [0, 0.1) is 5.92 Å². The number of nitrogens with one attached hydrogen (secondary N) is 1. The summed E-state index contributed by atoms with van der Waals surface area (Å²) < 4.78 is 0. The minimum absolute atomic E-state index is 0.229. The summed E-state index contributed by atoms with van der Waals surface area (Å²) in [5.74, 6) is 0.766. The van der Waals surface area contributed by atoms with Crippen LogP contribution in [0.3, 0.4) is 0 Å². The first kappa shape index (κ1) is 14.4. The summed E-state index contributed by atoms with van der Waals surface area (Å²) in [6.45, 7) is 2.70. The predicted octanol–water partition coefficient (Wildman–Crippen LogP) is 2.69. The van der Waals surface area contributed by atoms with Gasteiger partial charge in [-0.25, -0.2) is 0 Å². The molecule has 1 aromatic carbocycles. The Balaban J connectivity index is 1.84. The van der Waals surface area contributed by atoms with Gasteiger partial charge < -0.3 is 10.2 Å². The van der Waals surface area contributed by atoms with Crippen LogP contribution in [0.4, 0.5) is 0 Å². The summed E-state index contributed by atoms with van der Waals surface area (Å²) in [7, 11) is 1.87. The molecule has 0 atom stereocenters. The van der Waals surface area contributed by atoms with E-state index in [0.717, 1.165) is 36.5 Å². The fraction of sp³-hybridized carbons (Fsp3) is 0.533. The molecule has 1 saturated heterocycles. The van der Waals surface area contributed by atoms with Gasteiger partial charge in [0.05, 0.1) is 0 Å². The molecule has 0 aromatic heterocycles. The van der Waals surface area contributed by atoms with Crippen molar-refractivity contribution in [2.24, 2.45) is 5.92 Å². The number of amides is 1. The number of piperidine rings is 1. The van der Waals surface area contributed by atoms with E-state index < -0.39 is 0 Å². The van der Waals surface area contributed by atoms with Gasteiger partial charge in [-0.3, -0.25) is 4.79 Å². The number of rotatable bonds is 4. The Bertz CT molecular complexity index is 430. The van der Waals surface area contributed by atoms with Crippen LogP contribution in [0.5, 0.6) is 0 Å². The van der Waals surface area contributed by atoms with Gasteiger partial charge >= 0.3 is 0 Å². The standard InChI is InChI=1S/C15H21ClN2O/c1-18(11-13-3-2-4-14(16)9-13)15(19)10-12-5-7-17-8-6-12/h2-4,9,12,17H,5-8,10-11H2,1H3. The van der Waals surface area contributed by atoms with Crippen LogP contribution in [0.1, 0.15) is 24.8 Å². The number of nitrogens with zero attached hydrogens (tertiary/aromatic N) is 1. The molecular formula is C15H21ClN2O. The van der Waals surface area contributed by atoms with E-state index in [4.69, 9.17) is 11.6 Å². The highest BCUT2D eigenvalue weighted by atomic mass is 35.5. The molecule has 0 bridgehead atoms. The van der Waals surface area contributed by atoms with Crippen molar-refractivity contribution >= 4 is 17.5 Å². The SMILES string of the molecule is CN(Cc1cccc(Cl)c1)C(=O)CC1CCNCC1. The Morgan fingerprint density at radius 2 is 2.16 bits per heavy atom. The van der Waals surface area contributed by atoms with Crippen molar-refractivity contribution in [2.45, 2.75) is 25.8 Å². The molecule has 1 N–H and O–H groups in total. The van der Waals surface area contributed by atoms with E-state index in [1.807, 2.05) is 31.3 Å². The van der Waals surface area contributed by atoms with Crippen LogP contribution in [0.25, 0.3) is 0 Å². The fourth-order valence-corrected chi connectivity index (χ4v) is 2.70. The number of benzene rings is 1. The van der Waals surface area contributed by atoms with Crippen LogP contribution in [-0.2, 0) is 11.3 Å². The second-order valence-corrected chi connectivity index (χ2v) is 5.71. The largest absolute Gasteiger partial charge is 0.341 e. The van der Waals surface area contributed by atoms with E-state index in [1.54, 1.807) is 4.90 Å². The average molecular weight is 281 g/mol. The Morgan fingerprint density at radius 3 is 2.84 bits per heavy atom. The molecule has 0 radical (unpaired) electrons. The zero-order valence-electron chi connectivity index (χ0n) is 11.4. The minimum Gasteiger partial charge on any atom is -0.341 e. The average Bonchev–Trinajstić information content (AvgIpc) is 2.40. The van der Waals surface area contributed by atoms with Gasteiger partial charge in [0.15, 0.2) is 0 Å². The van der Waals surface area contributed by atoms with Gasteiger partial charge in [0.1, 0.15) is 0 Å². The second-order valence-electron chi connectivity index (χ2n) is 5.28. The molecule has 4 heteroatoms. The lowest BCUT2D eigenvalue weighted by Gasteiger charge is -2.25. The monoisotopic (exact) mass is 280 g/mol. The number of carbonyl (C=O) groups excluding carboxylic acids is 1. The number of hydrogen-bond acceptors (Lipinski definition) is 2. The lowest BCUT2D eigenvalue weighted by molar-refractivity contribution is -0.131. The zero-order valence-corrected chi connectivity index (χ0v) is 12.1. The fourth-order valence-electron chi connectivity index (χ4n) is 2.49. The van der Waals surface area contributed by atoms with Gasteiger partial charge in [-0.2, -0.15) is 0 Å². The van der Waals surface area contributed by atoms with Gasteiger partial charge in [0, 0.05) is 25.0 Å². The Morgan fingerprint density at radius 1 is 1.42 bits per heavy atom. The molecule has 1 aliphatic rings. The first-order chi connectivity index (χ1) is 9.15. The van der Waals surface area contributed by atoms with Crippen LogP contribution < -0.4 is 5.32 Å². The zero-order chi connectivity index (χ0) is 13.7. The molecule has 0 saturated carbocycles. The molecule has 1 aromatic rings. The van der Waals surface area contributed by atoms with Gasteiger partial charge in [-0.05, 0) is 49.5 Å². The highest BCUT2D eigenvalue weighted by Gasteiger charge is 2.19. The van der Waals surface area contributed by atoms with Gasteiger partial charge in [0.2, 0.25) is 5.91 Å². The van der Waals surface area contributed by atoms with Gasteiger partial charge in [-0.15, -0.1) is 0 Å². The maximum Gasteiger partial charge on any atom is 0.222 e. The molecule has 3 nitrogen and oxygen atoms in total. The lowest BCUT2D eigenvalue weighted by Crippen LogP contribution is -2.33. The molecule has 2 rings (SSSR count). The Hall–Kier alpha value is -1.06. The first-order valence-electron chi connectivity index (χ1n) is 6.84. The maximum atomic E-state index is 12.2. The second kappa shape index (κ2) is 6.92. The molecule has 104 valence electrons. The van der Waals surface area contributed by atoms with Crippen molar-refractivity contribution < 1.29 is 4.79 Å². The van der Waals surface area contributed by atoms with Gasteiger partial charge in [-0.1, -0.05) is 23.7 Å². The van der Waals surface area contributed by atoms with E-state index >= 15 is 0 Å². The summed E-state index contributed by atoms with van der Waals surface area (Å²) in [6, 6.07) is 7.68. The third-order valence-corrected chi connectivity index (χ3v) is 3.89. The molecular weight excluding hydrogens is 260 g/mol. The van der Waals surface area contributed by atoms with Crippen molar-refractivity contribution in [3.63, 3.8) is 0 Å². The number of hydrogen-bond donors (Lipinski definition) is 1. The predicted molar refractivity (Wildman–Crippen MR) is 78.1 cm³/mol. The summed E-state index contributed by atoms with van der Waals surface area (Å²) in [4.78, 5) is 14.0. The molecule has 1 fully saturated rings. The van der Waals surface area contributed by atoms with Crippen LogP contribution in [0.2, 0.25) is 5.02 Å². The van der Waals surface area contributed by atoms with Crippen molar-refractivity contribution in [3.8, 4) is 0 Å². The van der Waals surface area contributed by atoms with Crippen molar-refractivity contribution in [3.05, 3.63) is 34.9 Å². The van der Waals surface area contributed by atoms with Crippen LogP contribution in [-0.4, -0.2) is 30.9 Å². The summed E-state index contributed by atoms with van der Waals surface area (Å²) >= 11 is 5.95. The summed E-state index contributed by atoms with van der Waals surface area (Å²) in [5.41, 5.74) is 1.08. The molecule has 1 heterocycles. The molecule has 0 aliphatic carbocycles. The topological polar surface area (TPSA) is 32.3 Å². The van der Waals surface area contributed by atoms with Crippen LogP contribution in [0.15, 0.2) is 24.3 Å². The normalized spacial score (nSPS) is 16.3. The highest BCUT2D eigenvalue weighted by molar-refractivity contribution is 6.30. The molecule has 1 amide bonds. The van der Waals surface area contributed by atoms with Crippen molar-refractivity contribution in [1.29, 1.82) is 0 Å². The minimum atomic E-state index is 0.229. The quantitative estimate of drug-likeness (QED) is 0.920. The lowest BCUT2D eigenvalue weighted by atomic mass is 9.94. The molecule has 0 spiro atoms. The third-order valence-electron chi connectivity index (χ3n) is 3.66. The highest BCUT2D eigenvalue weighted by Crippen LogP contribution is 2.18. The van der Waals surface area contributed by atoms with Gasteiger partial charge in [0.25, 0.3) is 0 Å². The van der Waals surface area contributed by atoms with E-state index in [1.165, 1.54) is 0 Å². The number of carbonyl (C=O) groups is 1. The summed E-state index contributed by atoms with van der Waals surface area (Å²) in [6.07, 6.45) is 2.88. The third kappa shape index (κ3) is 4.51. The molecule has 19 heavy (non-hydrogen) atoms. The number of halogens is 1. The molecule has 1 aliphatic heterocycles. The van der Waals surface area contributed by atoms with E-state index in [2.05, 4.69) is 5.32 Å². The smallest absolute Gasteiger partial charge is 0.222 e. The maximum absolute atomic E-state index is 12.2. The van der Waals surface area contributed by atoms with Crippen molar-refractivity contribution in [1.82, 2.24) is 10.2 Å². The van der Waals surface area contributed by atoms with Crippen LogP contribution >= 0.6 is 11.6 Å². The van der Waals surface area contributed by atoms with E-state index in [0.29, 0.717) is 18.9 Å². The first-order valence-corrected chi connectivity index (χ1v) is 7.22. The van der Waals surface area contributed by atoms with E-state index in [9.17, 15) is 4.79 Å². The van der Waals surface area contributed by atoms with E-state index in [-0.39, 0.29) is 5.91 Å². The Labute approximate surface area is 119 Å². The Kier molecular flexibility index (Phi) is 5.23.